The monoisotopic (exact) mass is 255 g/mol. The summed E-state index contributed by atoms with van der Waals surface area (Å²) in [6, 6.07) is 7.89. The van der Waals surface area contributed by atoms with Crippen molar-refractivity contribution in [3.8, 4) is 11.3 Å². The number of nitrogens with zero attached hydrogens (tertiary/aromatic N) is 3. The van der Waals surface area contributed by atoms with E-state index >= 15 is 0 Å². The molecule has 0 aliphatic rings. The topological polar surface area (TPSA) is 90.7 Å². The lowest BCUT2D eigenvalue weighted by Crippen LogP contribution is -2.00. The van der Waals surface area contributed by atoms with Crippen LogP contribution in [0.1, 0.15) is 0 Å². The third kappa shape index (κ3) is 2.15. The molecule has 0 fully saturated rings. The van der Waals surface area contributed by atoms with Crippen LogP contribution < -0.4 is 11.5 Å². The van der Waals surface area contributed by atoms with E-state index in [2.05, 4.69) is 15.0 Å². The predicted molar refractivity (Wildman–Crippen MR) is 71.6 cm³/mol. The maximum atomic E-state index is 13.1. The summed E-state index contributed by atoms with van der Waals surface area (Å²) in [7, 11) is 0. The summed E-state index contributed by atoms with van der Waals surface area (Å²) in [6.45, 7) is 0. The third-order valence-corrected chi connectivity index (χ3v) is 2.71. The molecule has 0 unspecified atom stereocenters. The SMILES string of the molecule is Nc1cc(-c2cnc3cc(F)ccc3c2)nc(N)n1. The molecule has 0 spiro atoms. The maximum Gasteiger partial charge on any atom is 0.222 e. The Labute approximate surface area is 108 Å². The molecule has 0 aliphatic heterocycles. The highest BCUT2D eigenvalue weighted by atomic mass is 19.1. The molecular formula is C13H10FN5. The second-order valence-electron chi connectivity index (χ2n) is 4.10. The molecular weight excluding hydrogens is 245 g/mol. The summed E-state index contributed by atoms with van der Waals surface area (Å²) in [6.07, 6.45) is 1.60. The third-order valence-electron chi connectivity index (χ3n) is 2.71. The number of nitrogens with two attached hydrogens (primary N) is 2. The smallest absolute Gasteiger partial charge is 0.222 e. The van der Waals surface area contributed by atoms with Crippen LogP contribution in [0, 0.1) is 5.82 Å². The maximum absolute atomic E-state index is 13.1. The Hall–Kier alpha value is -2.76. The van der Waals surface area contributed by atoms with Crippen LogP contribution in [0.15, 0.2) is 36.5 Å². The van der Waals surface area contributed by atoms with Crippen molar-refractivity contribution < 1.29 is 4.39 Å². The lowest BCUT2D eigenvalue weighted by Gasteiger charge is -2.04. The first kappa shape index (κ1) is 11.3. The van der Waals surface area contributed by atoms with E-state index in [-0.39, 0.29) is 11.8 Å². The van der Waals surface area contributed by atoms with E-state index in [4.69, 9.17) is 11.5 Å². The number of benzene rings is 1. The number of hydrogen-bond acceptors (Lipinski definition) is 5. The van der Waals surface area contributed by atoms with Crippen molar-refractivity contribution in [3.63, 3.8) is 0 Å². The first-order chi connectivity index (χ1) is 9.11. The van der Waals surface area contributed by atoms with Crippen LogP contribution in [0.25, 0.3) is 22.2 Å². The Morgan fingerprint density at radius 3 is 2.63 bits per heavy atom. The molecule has 5 nitrogen and oxygen atoms in total. The molecule has 0 amide bonds. The average molecular weight is 255 g/mol. The van der Waals surface area contributed by atoms with Gasteiger partial charge in [-0.05, 0) is 18.2 Å². The minimum atomic E-state index is -0.316. The Kier molecular flexibility index (Phi) is 2.49. The van der Waals surface area contributed by atoms with Gasteiger partial charge in [-0.2, -0.15) is 4.98 Å². The number of anilines is 2. The first-order valence-corrected chi connectivity index (χ1v) is 5.57. The van der Waals surface area contributed by atoms with Crippen molar-refractivity contribution in [2.24, 2.45) is 0 Å². The fraction of sp³-hybridized carbons (Fsp3) is 0. The summed E-state index contributed by atoms with van der Waals surface area (Å²) in [5.41, 5.74) is 13.1. The van der Waals surface area contributed by atoms with Crippen LogP contribution >= 0.6 is 0 Å². The Morgan fingerprint density at radius 2 is 1.84 bits per heavy atom. The summed E-state index contributed by atoms with van der Waals surface area (Å²) in [5, 5.41) is 0.814. The zero-order valence-corrected chi connectivity index (χ0v) is 9.84. The highest BCUT2D eigenvalue weighted by Crippen LogP contribution is 2.23. The molecule has 19 heavy (non-hydrogen) atoms. The normalized spacial score (nSPS) is 10.8. The minimum Gasteiger partial charge on any atom is -0.384 e. The van der Waals surface area contributed by atoms with Gasteiger partial charge in [0.15, 0.2) is 0 Å². The molecule has 0 bridgehead atoms. The molecule has 1 aromatic carbocycles. The molecule has 3 rings (SSSR count). The van der Waals surface area contributed by atoms with E-state index in [0.717, 1.165) is 10.9 Å². The van der Waals surface area contributed by atoms with Crippen molar-refractivity contribution in [3.05, 3.63) is 42.3 Å². The largest absolute Gasteiger partial charge is 0.384 e. The molecule has 94 valence electrons. The standard InChI is InChI=1S/C13H10FN5/c14-9-2-1-7-3-8(6-17-10(7)4-9)11-5-12(15)19-13(16)18-11/h1-6H,(H4,15,16,18,19). The van der Waals surface area contributed by atoms with Gasteiger partial charge in [-0.25, -0.2) is 9.37 Å². The van der Waals surface area contributed by atoms with Gasteiger partial charge in [-0.15, -0.1) is 0 Å². The second kappa shape index (κ2) is 4.16. The van der Waals surface area contributed by atoms with E-state index in [1.807, 2.05) is 6.07 Å². The molecule has 6 heteroatoms. The van der Waals surface area contributed by atoms with Crippen LogP contribution in [0.5, 0.6) is 0 Å². The number of hydrogen-bond donors (Lipinski definition) is 2. The van der Waals surface area contributed by atoms with Gasteiger partial charge >= 0.3 is 0 Å². The lowest BCUT2D eigenvalue weighted by atomic mass is 10.1. The Balaban J connectivity index is 2.17. The fourth-order valence-corrected chi connectivity index (χ4v) is 1.87. The van der Waals surface area contributed by atoms with Gasteiger partial charge < -0.3 is 11.5 Å². The molecule has 0 saturated heterocycles. The minimum absolute atomic E-state index is 0.106. The van der Waals surface area contributed by atoms with Gasteiger partial charge in [0, 0.05) is 29.3 Å². The second-order valence-corrected chi connectivity index (χ2v) is 4.10. The lowest BCUT2D eigenvalue weighted by molar-refractivity contribution is 0.629. The highest BCUT2D eigenvalue weighted by molar-refractivity contribution is 5.83. The van der Waals surface area contributed by atoms with E-state index in [9.17, 15) is 4.39 Å². The summed E-state index contributed by atoms with van der Waals surface area (Å²) < 4.78 is 13.1. The van der Waals surface area contributed by atoms with E-state index < -0.39 is 0 Å². The fourth-order valence-electron chi connectivity index (χ4n) is 1.87. The number of aromatic nitrogens is 3. The molecule has 4 N–H and O–H groups in total. The summed E-state index contributed by atoms with van der Waals surface area (Å²) >= 11 is 0. The van der Waals surface area contributed by atoms with Gasteiger partial charge in [0.05, 0.1) is 11.2 Å². The van der Waals surface area contributed by atoms with Crippen LogP contribution in [0.3, 0.4) is 0 Å². The Bertz CT molecular complexity index is 752. The quantitative estimate of drug-likeness (QED) is 0.694. The van der Waals surface area contributed by atoms with Gasteiger partial charge in [-0.1, -0.05) is 0 Å². The van der Waals surface area contributed by atoms with Crippen molar-refractivity contribution in [2.75, 3.05) is 11.5 Å². The zero-order valence-electron chi connectivity index (χ0n) is 9.84. The predicted octanol–water partition coefficient (Wildman–Crippen LogP) is 2.00. The molecule has 2 aromatic heterocycles. The van der Waals surface area contributed by atoms with Crippen molar-refractivity contribution in [1.82, 2.24) is 15.0 Å². The van der Waals surface area contributed by atoms with Crippen molar-refractivity contribution in [2.45, 2.75) is 0 Å². The summed E-state index contributed by atoms with van der Waals surface area (Å²) in [4.78, 5) is 12.1. The molecule has 3 aromatic rings. The van der Waals surface area contributed by atoms with Crippen molar-refractivity contribution >= 4 is 22.7 Å². The molecule has 2 heterocycles. The zero-order chi connectivity index (χ0) is 13.4. The van der Waals surface area contributed by atoms with Gasteiger partial charge in [0.1, 0.15) is 11.6 Å². The number of fused-ring (bicyclic) bond motifs is 1. The molecule has 0 aliphatic carbocycles. The van der Waals surface area contributed by atoms with E-state index in [0.29, 0.717) is 17.0 Å². The number of halogens is 1. The van der Waals surface area contributed by atoms with Crippen LogP contribution in [-0.2, 0) is 0 Å². The van der Waals surface area contributed by atoms with E-state index in [1.54, 1.807) is 18.3 Å². The number of pyridine rings is 1. The van der Waals surface area contributed by atoms with Crippen LogP contribution in [-0.4, -0.2) is 15.0 Å². The first-order valence-electron chi connectivity index (χ1n) is 5.57. The highest BCUT2D eigenvalue weighted by Gasteiger charge is 2.05. The summed E-state index contributed by atoms with van der Waals surface area (Å²) in [5.74, 6) is 0.0826. The van der Waals surface area contributed by atoms with Crippen molar-refractivity contribution in [1.29, 1.82) is 0 Å². The average Bonchev–Trinajstić information content (AvgIpc) is 2.37. The van der Waals surface area contributed by atoms with Gasteiger partial charge in [0.2, 0.25) is 5.95 Å². The van der Waals surface area contributed by atoms with Gasteiger partial charge in [0.25, 0.3) is 0 Å². The molecule has 0 atom stereocenters. The van der Waals surface area contributed by atoms with Crippen LogP contribution in [0.2, 0.25) is 0 Å². The van der Waals surface area contributed by atoms with Crippen LogP contribution in [0.4, 0.5) is 16.2 Å². The van der Waals surface area contributed by atoms with E-state index in [1.165, 1.54) is 12.1 Å². The van der Waals surface area contributed by atoms with Gasteiger partial charge in [-0.3, -0.25) is 4.98 Å². The molecule has 0 radical (unpaired) electrons. The molecule has 0 saturated carbocycles. The number of nitrogen functional groups attached to an aromatic ring is 2. The Morgan fingerprint density at radius 1 is 1.00 bits per heavy atom. The number of rotatable bonds is 1.